The van der Waals surface area contributed by atoms with Crippen LogP contribution in [0.1, 0.15) is 25.7 Å². The molecule has 5 N–H and O–H groups in total. The number of phenols is 3. The summed E-state index contributed by atoms with van der Waals surface area (Å²) in [6.07, 6.45) is -0.0909. The Kier molecular flexibility index (Phi) is 12.1. The second-order valence-electron chi connectivity index (χ2n) is 10.5. The van der Waals surface area contributed by atoms with Gasteiger partial charge in [-0.25, -0.2) is 0 Å². The van der Waals surface area contributed by atoms with Gasteiger partial charge in [-0.05, 0) is 36.4 Å². The fourth-order valence-electron chi connectivity index (χ4n) is 4.85. The molecule has 0 atom stereocenters. The van der Waals surface area contributed by atoms with Crippen molar-refractivity contribution < 1.29 is 58.6 Å². The maximum Gasteiger partial charge on any atom is 0.306 e. The number of carboxylic acid groups (broad SMARTS) is 1. The van der Waals surface area contributed by atoms with Crippen molar-refractivity contribution in [2.45, 2.75) is 25.7 Å². The molecule has 0 bridgehead atoms. The molecular formula is C33H37N3O12. The predicted molar refractivity (Wildman–Crippen MR) is 172 cm³/mol. The van der Waals surface area contributed by atoms with Crippen LogP contribution in [0, 0.1) is 0 Å². The summed E-state index contributed by atoms with van der Waals surface area (Å²) in [4.78, 5) is 48.5. The first kappa shape index (κ1) is 35.0. The number of nitrogens with zero attached hydrogens (tertiary/aromatic N) is 2. The number of methoxy groups -OCH3 is 1. The number of hydrogen-bond donors (Lipinski definition) is 5. The number of carbonyl (C=O) groups is 4. The molecule has 0 unspecified atom stereocenters. The molecule has 0 aliphatic carbocycles. The highest BCUT2D eigenvalue weighted by atomic mass is 16.5. The lowest BCUT2D eigenvalue weighted by Crippen LogP contribution is -2.38. The second-order valence-corrected chi connectivity index (χ2v) is 10.5. The number of fused-ring (bicyclic) bond motifs is 3. The van der Waals surface area contributed by atoms with E-state index in [4.69, 9.17) is 24.4 Å². The SMILES string of the molecule is COC(=O)CCC(=O)N1CCOc2cc(O)ccc21.O=C(O)CCC(=O)N1CCOc2cc(O)ccc21.Oc1ccc2c(c1)OCCN2. The van der Waals surface area contributed by atoms with E-state index in [0.717, 1.165) is 18.0 Å². The number of ether oxygens (including phenoxy) is 4. The molecular weight excluding hydrogens is 630 g/mol. The van der Waals surface area contributed by atoms with Gasteiger partial charge in [-0.1, -0.05) is 0 Å². The molecule has 0 fully saturated rings. The van der Waals surface area contributed by atoms with Gasteiger partial charge in [0.25, 0.3) is 0 Å². The van der Waals surface area contributed by atoms with E-state index in [1.165, 1.54) is 36.3 Å². The molecule has 256 valence electrons. The summed E-state index contributed by atoms with van der Waals surface area (Å²) < 4.78 is 20.5. The molecule has 3 aliphatic rings. The number of benzene rings is 3. The van der Waals surface area contributed by atoms with E-state index in [1.807, 2.05) is 6.07 Å². The summed E-state index contributed by atoms with van der Waals surface area (Å²) >= 11 is 0. The number of esters is 1. The van der Waals surface area contributed by atoms with Crippen LogP contribution < -0.4 is 29.3 Å². The van der Waals surface area contributed by atoms with E-state index < -0.39 is 11.9 Å². The molecule has 0 spiro atoms. The van der Waals surface area contributed by atoms with Gasteiger partial charge in [0.1, 0.15) is 54.3 Å². The summed E-state index contributed by atoms with van der Waals surface area (Å²) in [5.74, 6) is 0.200. The molecule has 6 rings (SSSR count). The highest BCUT2D eigenvalue weighted by molar-refractivity contribution is 5.97. The molecule has 0 saturated carbocycles. The largest absolute Gasteiger partial charge is 0.508 e. The standard InChI is InChI=1S/C13H15NO5.C12H13NO5.C8H9NO2/c1-18-13(17)5-4-12(16)14-6-7-19-11-8-9(15)2-3-10(11)14;14-8-1-2-9-10(7-8)18-6-5-13(9)11(15)3-4-12(16)17;10-6-1-2-7-8(5-6)11-4-3-9-7/h2-3,8,15H,4-7H2,1H3;1-2,7,14H,3-6H2,(H,16,17);1-2,5,9-10H,3-4H2. The average molecular weight is 668 g/mol. The van der Waals surface area contributed by atoms with Crippen LogP contribution in [0.15, 0.2) is 54.6 Å². The average Bonchev–Trinajstić information content (AvgIpc) is 3.09. The zero-order valence-electron chi connectivity index (χ0n) is 26.2. The van der Waals surface area contributed by atoms with Gasteiger partial charge in [0.15, 0.2) is 0 Å². The molecule has 15 heteroatoms. The summed E-state index contributed by atoms with van der Waals surface area (Å²) in [6.45, 7) is 3.00. The van der Waals surface area contributed by atoms with E-state index in [-0.39, 0.29) is 54.7 Å². The third-order valence-corrected chi connectivity index (χ3v) is 7.18. The lowest BCUT2D eigenvalue weighted by molar-refractivity contribution is -0.142. The molecule has 0 radical (unpaired) electrons. The first-order valence-corrected chi connectivity index (χ1v) is 15.1. The van der Waals surface area contributed by atoms with Gasteiger partial charge in [0.2, 0.25) is 11.8 Å². The van der Waals surface area contributed by atoms with Crippen LogP contribution in [0.3, 0.4) is 0 Å². The molecule has 0 saturated heterocycles. The second kappa shape index (κ2) is 16.6. The predicted octanol–water partition coefficient (Wildman–Crippen LogP) is 3.25. The normalized spacial score (nSPS) is 13.8. The van der Waals surface area contributed by atoms with Crippen molar-refractivity contribution in [2.24, 2.45) is 0 Å². The zero-order chi connectivity index (χ0) is 34.6. The monoisotopic (exact) mass is 667 g/mol. The Bertz CT molecular complexity index is 1630. The number of aromatic hydroxyl groups is 3. The number of nitrogens with one attached hydrogen (secondary N) is 1. The van der Waals surface area contributed by atoms with E-state index in [9.17, 15) is 29.4 Å². The van der Waals surface area contributed by atoms with E-state index in [0.29, 0.717) is 55.8 Å². The fourth-order valence-corrected chi connectivity index (χ4v) is 4.85. The number of rotatable bonds is 6. The number of aliphatic carboxylic acids is 1. The van der Waals surface area contributed by atoms with Crippen LogP contribution in [0.25, 0.3) is 0 Å². The highest BCUT2D eigenvalue weighted by Gasteiger charge is 2.25. The molecule has 3 heterocycles. The van der Waals surface area contributed by atoms with Crippen LogP contribution in [0.5, 0.6) is 34.5 Å². The molecule has 3 aliphatic heterocycles. The van der Waals surface area contributed by atoms with Crippen LogP contribution >= 0.6 is 0 Å². The Morgan fingerprint density at radius 2 is 1.17 bits per heavy atom. The third-order valence-electron chi connectivity index (χ3n) is 7.18. The van der Waals surface area contributed by atoms with Gasteiger partial charge in [0.05, 0.1) is 50.1 Å². The van der Waals surface area contributed by atoms with Gasteiger partial charge in [-0.15, -0.1) is 0 Å². The molecule has 3 aromatic carbocycles. The number of hydrogen-bond acceptors (Lipinski definition) is 12. The molecule has 2 amide bonds. The van der Waals surface area contributed by atoms with Crippen molar-refractivity contribution in [3.05, 3.63) is 54.6 Å². The van der Waals surface area contributed by atoms with Gasteiger partial charge in [-0.3, -0.25) is 19.2 Å². The van der Waals surface area contributed by atoms with Gasteiger partial charge < -0.3 is 54.5 Å². The number of carboxylic acids is 1. The smallest absolute Gasteiger partial charge is 0.306 e. The topological polar surface area (TPSA) is 205 Å². The summed E-state index contributed by atoms with van der Waals surface area (Å²) in [7, 11) is 1.29. The Hall–Kier alpha value is -5.86. The van der Waals surface area contributed by atoms with Crippen molar-refractivity contribution in [1.29, 1.82) is 0 Å². The Balaban J connectivity index is 0.000000168. The molecule has 3 aromatic rings. The number of carbonyl (C=O) groups excluding carboxylic acids is 3. The van der Waals surface area contributed by atoms with Crippen LogP contribution in [-0.4, -0.2) is 90.7 Å². The number of amides is 2. The first-order chi connectivity index (χ1) is 23.0. The quantitative estimate of drug-likeness (QED) is 0.189. The van der Waals surface area contributed by atoms with Gasteiger partial charge in [-0.2, -0.15) is 0 Å². The van der Waals surface area contributed by atoms with Crippen molar-refractivity contribution in [2.75, 3.05) is 61.7 Å². The van der Waals surface area contributed by atoms with Crippen LogP contribution in [0.4, 0.5) is 17.1 Å². The molecule has 48 heavy (non-hydrogen) atoms. The van der Waals surface area contributed by atoms with Gasteiger partial charge >= 0.3 is 11.9 Å². The Morgan fingerprint density at radius 1 is 0.688 bits per heavy atom. The van der Waals surface area contributed by atoms with Crippen molar-refractivity contribution in [3.8, 4) is 34.5 Å². The summed E-state index contributed by atoms with van der Waals surface area (Å²) in [5.41, 5.74) is 2.13. The van der Waals surface area contributed by atoms with Crippen LogP contribution in [-0.2, 0) is 23.9 Å². The summed E-state index contributed by atoms with van der Waals surface area (Å²) in [5, 5.41) is 39.5. The Morgan fingerprint density at radius 3 is 1.69 bits per heavy atom. The number of anilines is 3. The number of phenolic OH excluding ortho intramolecular Hbond substituents is 3. The lowest BCUT2D eigenvalue weighted by atomic mass is 10.2. The minimum Gasteiger partial charge on any atom is -0.508 e. The molecule has 0 aromatic heterocycles. The molecule has 15 nitrogen and oxygen atoms in total. The summed E-state index contributed by atoms with van der Waals surface area (Å²) in [6, 6.07) is 14.1. The minimum atomic E-state index is -0.998. The highest BCUT2D eigenvalue weighted by Crippen LogP contribution is 2.36. The van der Waals surface area contributed by atoms with Crippen molar-refractivity contribution >= 4 is 40.8 Å². The van der Waals surface area contributed by atoms with Crippen molar-refractivity contribution in [1.82, 2.24) is 0 Å². The third kappa shape index (κ3) is 9.57. The maximum atomic E-state index is 12.1. The van der Waals surface area contributed by atoms with Crippen molar-refractivity contribution in [3.63, 3.8) is 0 Å². The van der Waals surface area contributed by atoms with E-state index in [1.54, 1.807) is 29.2 Å². The minimum absolute atomic E-state index is 0.0460. The first-order valence-electron chi connectivity index (χ1n) is 15.1. The Labute approximate surface area is 275 Å². The fraction of sp³-hybridized carbons (Fsp3) is 0.333. The lowest BCUT2D eigenvalue weighted by Gasteiger charge is -2.29. The van der Waals surface area contributed by atoms with Crippen LogP contribution in [0.2, 0.25) is 0 Å². The van der Waals surface area contributed by atoms with E-state index in [2.05, 4.69) is 10.1 Å². The maximum absolute atomic E-state index is 12.1. The van der Waals surface area contributed by atoms with E-state index >= 15 is 0 Å². The zero-order valence-corrected chi connectivity index (χ0v) is 26.2. The van der Waals surface area contributed by atoms with Gasteiger partial charge in [0, 0.05) is 37.6 Å².